The van der Waals surface area contributed by atoms with Gasteiger partial charge in [0, 0.05) is 0 Å². The fourth-order valence-electron chi connectivity index (χ4n) is 2.10. The lowest BCUT2D eigenvalue weighted by molar-refractivity contribution is -0.124. The maximum absolute atomic E-state index is 12.1. The zero-order valence-corrected chi connectivity index (χ0v) is 11.1. The van der Waals surface area contributed by atoms with E-state index in [1.807, 2.05) is 18.2 Å². The van der Waals surface area contributed by atoms with Gasteiger partial charge in [-0.3, -0.25) is 4.79 Å². The standard InChI is InChI=1S/C15H22N2O/c1-11(2)10-13(12-6-4-3-5-7-12)17-14(18)15(16)8-9-15/h3-7,11,13H,8-10,16H2,1-2H3,(H,17,18). The van der Waals surface area contributed by atoms with E-state index in [2.05, 4.69) is 31.3 Å². The van der Waals surface area contributed by atoms with Gasteiger partial charge in [-0.15, -0.1) is 0 Å². The van der Waals surface area contributed by atoms with Crippen molar-refractivity contribution < 1.29 is 4.79 Å². The SMILES string of the molecule is CC(C)CC(NC(=O)C1(N)CC1)c1ccccc1. The lowest BCUT2D eigenvalue weighted by Gasteiger charge is -2.23. The average Bonchev–Trinajstić information content (AvgIpc) is 3.08. The molecule has 1 aromatic rings. The van der Waals surface area contributed by atoms with Crippen molar-refractivity contribution in [2.24, 2.45) is 11.7 Å². The van der Waals surface area contributed by atoms with Crippen molar-refractivity contribution in [1.82, 2.24) is 5.32 Å². The molecule has 3 N–H and O–H groups in total. The molecule has 1 aliphatic rings. The van der Waals surface area contributed by atoms with Gasteiger partial charge in [0.15, 0.2) is 0 Å². The van der Waals surface area contributed by atoms with Crippen LogP contribution in [0.3, 0.4) is 0 Å². The molecule has 1 fully saturated rings. The molecule has 0 spiro atoms. The molecule has 1 atom stereocenters. The van der Waals surface area contributed by atoms with Crippen LogP contribution in [0.4, 0.5) is 0 Å². The third-order valence-corrected chi connectivity index (χ3v) is 3.46. The highest BCUT2D eigenvalue weighted by Gasteiger charge is 2.46. The van der Waals surface area contributed by atoms with Crippen LogP contribution < -0.4 is 11.1 Å². The van der Waals surface area contributed by atoms with Crippen LogP contribution in [0.2, 0.25) is 0 Å². The predicted octanol–water partition coefficient (Wildman–Crippen LogP) is 2.38. The van der Waals surface area contributed by atoms with E-state index in [-0.39, 0.29) is 11.9 Å². The minimum absolute atomic E-state index is 0.00277. The van der Waals surface area contributed by atoms with Gasteiger partial charge in [0.2, 0.25) is 5.91 Å². The number of carbonyl (C=O) groups excluding carboxylic acids is 1. The summed E-state index contributed by atoms with van der Waals surface area (Å²) in [6.07, 6.45) is 2.55. The van der Waals surface area contributed by atoms with E-state index in [1.165, 1.54) is 0 Å². The number of hydrogen-bond donors (Lipinski definition) is 2. The molecule has 18 heavy (non-hydrogen) atoms. The van der Waals surface area contributed by atoms with Crippen molar-refractivity contribution in [2.45, 2.75) is 44.7 Å². The molecule has 0 saturated heterocycles. The van der Waals surface area contributed by atoms with Crippen molar-refractivity contribution in [3.63, 3.8) is 0 Å². The predicted molar refractivity (Wildman–Crippen MR) is 72.9 cm³/mol. The summed E-state index contributed by atoms with van der Waals surface area (Å²) < 4.78 is 0. The third-order valence-electron chi connectivity index (χ3n) is 3.46. The normalized spacial score (nSPS) is 18.4. The number of rotatable bonds is 5. The summed E-state index contributed by atoms with van der Waals surface area (Å²) in [5, 5.41) is 3.10. The topological polar surface area (TPSA) is 55.1 Å². The largest absolute Gasteiger partial charge is 0.348 e. The van der Waals surface area contributed by atoms with Crippen molar-refractivity contribution in [3.8, 4) is 0 Å². The maximum Gasteiger partial charge on any atom is 0.240 e. The van der Waals surface area contributed by atoms with E-state index in [9.17, 15) is 4.79 Å². The zero-order chi connectivity index (χ0) is 13.2. The van der Waals surface area contributed by atoms with E-state index in [0.29, 0.717) is 5.92 Å². The van der Waals surface area contributed by atoms with Crippen LogP contribution in [0.5, 0.6) is 0 Å². The first-order valence-electron chi connectivity index (χ1n) is 6.66. The summed E-state index contributed by atoms with van der Waals surface area (Å²) in [6, 6.07) is 10.2. The Bertz CT molecular complexity index is 410. The number of carbonyl (C=O) groups is 1. The van der Waals surface area contributed by atoms with Crippen molar-refractivity contribution in [3.05, 3.63) is 35.9 Å². The molecule has 1 aliphatic carbocycles. The Balaban J connectivity index is 2.08. The molecule has 98 valence electrons. The lowest BCUT2D eigenvalue weighted by atomic mass is 9.96. The van der Waals surface area contributed by atoms with Crippen LogP contribution in [-0.2, 0) is 4.79 Å². The fourth-order valence-corrected chi connectivity index (χ4v) is 2.10. The second-order valence-corrected chi connectivity index (χ2v) is 5.72. The molecule has 0 aliphatic heterocycles. The van der Waals surface area contributed by atoms with E-state index < -0.39 is 5.54 Å². The van der Waals surface area contributed by atoms with Crippen molar-refractivity contribution in [2.75, 3.05) is 0 Å². The second kappa shape index (κ2) is 5.11. The Labute approximate surface area is 109 Å². The summed E-state index contributed by atoms with van der Waals surface area (Å²) in [6.45, 7) is 4.33. The fraction of sp³-hybridized carbons (Fsp3) is 0.533. The quantitative estimate of drug-likeness (QED) is 0.838. The van der Waals surface area contributed by atoms with Gasteiger partial charge in [-0.25, -0.2) is 0 Å². The van der Waals surface area contributed by atoms with Gasteiger partial charge < -0.3 is 11.1 Å². The summed E-state index contributed by atoms with van der Waals surface area (Å²) in [5.41, 5.74) is 6.50. The Kier molecular flexibility index (Phi) is 3.71. The molecule has 2 rings (SSSR count). The van der Waals surface area contributed by atoms with Gasteiger partial charge in [-0.05, 0) is 30.7 Å². The average molecular weight is 246 g/mol. The van der Waals surface area contributed by atoms with E-state index in [1.54, 1.807) is 0 Å². The van der Waals surface area contributed by atoms with Crippen molar-refractivity contribution >= 4 is 5.91 Å². The monoisotopic (exact) mass is 246 g/mol. The van der Waals surface area contributed by atoms with Gasteiger partial charge in [0.25, 0.3) is 0 Å². The Morgan fingerprint density at radius 3 is 2.44 bits per heavy atom. The van der Waals surface area contributed by atoms with Gasteiger partial charge in [0.05, 0.1) is 11.6 Å². The summed E-state index contributed by atoms with van der Waals surface area (Å²) in [4.78, 5) is 12.1. The molecule has 1 saturated carbocycles. The highest BCUT2D eigenvalue weighted by molar-refractivity contribution is 5.89. The second-order valence-electron chi connectivity index (χ2n) is 5.72. The van der Waals surface area contributed by atoms with Crippen LogP contribution in [0.15, 0.2) is 30.3 Å². The minimum atomic E-state index is -0.593. The zero-order valence-electron chi connectivity index (χ0n) is 11.1. The van der Waals surface area contributed by atoms with Gasteiger partial charge in [0.1, 0.15) is 0 Å². The Morgan fingerprint density at radius 1 is 1.33 bits per heavy atom. The molecule has 1 aromatic carbocycles. The first-order valence-corrected chi connectivity index (χ1v) is 6.66. The Morgan fingerprint density at radius 2 is 1.94 bits per heavy atom. The molecule has 0 bridgehead atoms. The summed E-state index contributed by atoms with van der Waals surface area (Å²) in [7, 11) is 0. The van der Waals surface area contributed by atoms with E-state index >= 15 is 0 Å². The lowest BCUT2D eigenvalue weighted by Crippen LogP contribution is -2.44. The van der Waals surface area contributed by atoms with Crippen LogP contribution in [-0.4, -0.2) is 11.4 Å². The first-order chi connectivity index (χ1) is 8.51. The summed E-state index contributed by atoms with van der Waals surface area (Å²) in [5.74, 6) is 0.528. The first kappa shape index (κ1) is 13.1. The number of amides is 1. The van der Waals surface area contributed by atoms with Crippen molar-refractivity contribution in [1.29, 1.82) is 0 Å². The van der Waals surface area contributed by atoms with Crippen LogP contribution in [0.25, 0.3) is 0 Å². The molecular formula is C15H22N2O. The maximum atomic E-state index is 12.1. The molecule has 0 aromatic heterocycles. The Hall–Kier alpha value is -1.35. The molecular weight excluding hydrogens is 224 g/mol. The molecule has 3 nitrogen and oxygen atoms in total. The van der Waals surface area contributed by atoms with Crippen LogP contribution >= 0.6 is 0 Å². The van der Waals surface area contributed by atoms with Gasteiger partial charge in [-0.1, -0.05) is 44.2 Å². The van der Waals surface area contributed by atoms with E-state index in [0.717, 1.165) is 24.8 Å². The summed E-state index contributed by atoms with van der Waals surface area (Å²) >= 11 is 0. The number of nitrogens with one attached hydrogen (secondary N) is 1. The molecule has 3 heteroatoms. The smallest absolute Gasteiger partial charge is 0.240 e. The highest BCUT2D eigenvalue weighted by Crippen LogP contribution is 2.33. The van der Waals surface area contributed by atoms with Crippen LogP contribution in [0.1, 0.15) is 44.7 Å². The number of hydrogen-bond acceptors (Lipinski definition) is 2. The van der Waals surface area contributed by atoms with Crippen LogP contribution in [0, 0.1) is 5.92 Å². The number of nitrogens with two attached hydrogens (primary N) is 1. The van der Waals surface area contributed by atoms with Gasteiger partial charge in [-0.2, -0.15) is 0 Å². The highest BCUT2D eigenvalue weighted by atomic mass is 16.2. The third kappa shape index (κ3) is 3.10. The molecule has 0 radical (unpaired) electrons. The van der Waals surface area contributed by atoms with Gasteiger partial charge >= 0.3 is 0 Å². The van der Waals surface area contributed by atoms with E-state index in [4.69, 9.17) is 5.73 Å². The minimum Gasteiger partial charge on any atom is -0.348 e. The number of benzene rings is 1. The molecule has 1 amide bonds. The molecule has 0 heterocycles. The molecule has 1 unspecified atom stereocenters.